The van der Waals surface area contributed by atoms with E-state index in [-0.39, 0.29) is 24.2 Å². The minimum Gasteiger partial charge on any atom is -0.496 e. The summed E-state index contributed by atoms with van der Waals surface area (Å²) in [6, 6.07) is 15.5. The van der Waals surface area contributed by atoms with E-state index in [2.05, 4.69) is 5.32 Å². The van der Waals surface area contributed by atoms with Crippen molar-refractivity contribution in [1.82, 2.24) is 4.90 Å². The Morgan fingerprint density at radius 3 is 2.65 bits per heavy atom. The molecule has 5 heteroatoms. The molecule has 26 heavy (non-hydrogen) atoms. The van der Waals surface area contributed by atoms with Gasteiger partial charge in [0.2, 0.25) is 11.8 Å². The maximum Gasteiger partial charge on any atom is 0.229 e. The molecule has 0 bridgehead atoms. The van der Waals surface area contributed by atoms with Crippen LogP contribution in [0.3, 0.4) is 0 Å². The molecular formula is C21H24N2O3. The van der Waals surface area contributed by atoms with Crippen LogP contribution in [0.2, 0.25) is 0 Å². The van der Waals surface area contributed by atoms with Crippen LogP contribution in [-0.2, 0) is 16.0 Å². The summed E-state index contributed by atoms with van der Waals surface area (Å²) in [5, 5.41) is 2.91. The van der Waals surface area contributed by atoms with Gasteiger partial charge in [0.15, 0.2) is 0 Å². The van der Waals surface area contributed by atoms with Crippen molar-refractivity contribution in [3.8, 4) is 5.75 Å². The quantitative estimate of drug-likeness (QED) is 0.869. The molecular weight excluding hydrogens is 328 g/mol. The van der Waals surface area contributed by atoms with Crippen LogP contribution in [0.1, 0.15) is 17.5 Å². The van der Waals surface area contributed by atoms with Crippen molar-refractivity contribution in [2.75, 3.05) is 25.5 Å². The zero-order chi connectivity index (χ0) is 18.5. The number of carbonyl (C=O) groups excluding carboxylic acids is 2. The molecule has 3 rings (SSSR count). The van der Waals surface area contributed by atoms with Crippen molar-refractivity contribution in [3.63, 3.8) is 0 Å². The van der Waals surface area contributed by atoms with Crippen molar-refractivity contribution in [3.05, 3.63) is 59.7 Å². The highest BCUT2D eigenvalue weighted by Crippen LogP contribution is 2.23. The third-order valence-electron chi connectivity index (χ3n) is 4.75. The van der Waals surface area contributed by atoms with Crippen LogP contribution in [0.25, 0.3) is 0 Å². The van der Waals surface area contributed by atoms with Crippen LogP contribution in [-0.4, -0.2) is 36.9 Å². The Kier molecular flexibility index (Phi) is 5.56. The van der Waals surface area contributed by atoms with Gasteiger partial charge >= 0.3 is 0 Å². The number of nitrogens with one attached hydrogen (secondary N) is 1. The number of likely N-dealkylation sites (tertiary alicyclic amines) is 1. The Hall–Kier alpha value is -2.82. The minimum absolute atomic E-state index is 0.0314. The van der Waals surface area contributed by atoms with Crippen molar-refractivity contribution >= 4 is 17.5 Å². The average molecular weight is 352 g/mol. The molecule has 5 nitrogen and oxygen atoms in total. The summed E-state index contributed by atoms with van der Waals surface area (Å²) >= 11 is 0. The number of carbonyl (C=O) groups is 2. The fraction of sp³-hybridized carbons (Fsp3) is 0.333. The van der Waals surface area contributed by atoms with Crippen LogP contribution in [0.4, 0.5) is 5.69 Å². The maximum atomic E-state index is 12.5. The number of ether oxygens (including phenoxy) is 1. The number of para-hydroxylation sites is 1. The van der Waals surface area contributed by atoms with Gasteiger partial charge in [-0.05, 0) is 37.1 Å². The molecule has 136 valence electrons. The number of aryl methyl sites for hydroxylation is 1. The molecule has 0 saturated carbocycles. The SMILES string of the molecule is COc1ccccc1CCN1CC(C(=O)Nc2ccc(C)cc2)CC1=O. The predicted molar refractivity (Wildman–Crippen MR) is 101 cm³/mol. The number of rotatable bonds is 6. The Morgan fingerprint density at radius 2 is 1.92 bits per heavy atom. The molecule has 0 aromatic heterocycles. The zero-order valence-corrected chi connectivity index (χ0v) is 15.2. The van der Waals surface area contributed by atoms with E-state index in [1.54, 1.807) is 12.0 Å². The number of benzene rings is 2. The Labute approximate surface area is 154 Å². The first-order valence-electron chi connectivity index (χ1n) is 8.84. The van der Waals surface area contributed by atoms with Gasteiger partial charge in [-0.3, -0.25) is 9.59 Å². The normalized spacial score (nSPS) is 16.6. The first kappa shape index (κ1) is 18.0. The number of methoxy groups -OCH3 is 1. The number of anilines is 1. The lowest BCUT2D eigenvalue weighted by molar-refractivity contribution is -0.128. The molecule has 1 N–H and O–H groups in total. The predicted octanol–water partition coefficient (Wildman–Crippen LogP) is 3.03. The fourth-order valence-electron chi connectivity index (χ4n) is 3.21. The molecule has 0 radical (unpaired) electrons. The van der Waals surface area contributed by atoms with Crippen molar-refractivity contribution in [2.45, 2.75) is 19.8 Å². The Balaban J connectivity index is 1.56. The van der Waals surface area contributed by atoms with Gasteiger partial charge in [0.05, 0.1) is 13.0 Å². The van der Waals surface area contributed by atoms with E-state index in [4.69, 9.17) is 4.74 Å². The standard InChI is InChI=1S/C21H24N2O3/c1-15-7-9-18(10-8-15)22-21(25)17-13-20(24)23(14-17)12-11-16-5-3-4-6-19(16)26-2/h3-10,17H,11-14H2,1-2H3,(H,22,25). The minimum atomic E-state index is -0.304. The summed E-state index contributed by atoms with van der Waals surface area (Å²) in [6.45, 7) is 3.06. The van der Waals surface area contributed by atoms with Gasteiger partial charge in [0.1, 0.15) is 5.75 Å². The Morgan fingerprint density at radius 1 is 1.19 bits per heavy atom. The first-order valence-corrected chi connectivity index (χ1v) is 8.84. The van der Waals surface area contributed by atoms with E-state index < -0.39 is 0 Å². The van der Waals surface area contributed by atoms with E-state index in [0.717, 1.165) is 22.6 Å². The number of hydrogen-bond donors (Lipinski definition) is 1. The Bertz CT molecular complexity index is 786. The second-order valence-corrected chi connectivity index (χ2v) is 6.66. The second kappa shape index (κ2) is 8.04. The van der Waals surface area contributed by atoms with E-state index in [0.29, 0.717) is 19.5 Å². The molecule has 2 aromatic rings. The van der Waals surface area contributed by atoms with E-state index >= 15 is 0 Å². The molecule has 2 aromatic carbocycles. The monoisotopic (exact) mass is 352 g/mol. The molecule has 1 atom stereocenters. The molecule has 1 fully saturated rings. The molecule has 2 amide bonds. The van der Waals surface area contributed by atoms with E-state index in [1.165, 1.54) is 0 Å². The lowest BCUT2D eigenvalue weighted by atomic mass is 10.1. The van der Waals surface area contributed by atoms with Gasteiger partial charge in [-0.2, -0.15) is 0 Å². The second-order valence-electron chi connectivity index (χ2n) is 6.66. The third-order valence-corrected chi connectivity index (χ3v) is 4.75. The highest BCUT2D eigenvalue weighted by molar-refractivity contribution is 5.97. The largest absolute Gasteiger partial charge is 0.496 e. The molecule has 1 aliphatic rings. The van der Waals surface area contributed by atoms with Gasteiger partial charge in [0, 0.05) is 25.2 Å². The van der Waals surface area contributed by atoms with Gasteiger partial charge in [-0.15, -0.1) is 0 Å². The smallest absolute Gasteiger partial charge is 0.229 e. The lowest BCUT2D eigenvalue weighted by Crippen LogP contribution is -2.30. The lowest BCUT2D eigenvalue weighted by Gasteiger charge is -2.17. The van der Waals surface area contributed by atoms with Crippen LogP contribution in [0.5, 0.6) is 5.75 Å². The van der Waals surface area contributed by atoms with Gasteiger partial charge in [-0.25, -0.2) is 0 Å². The van der Waals surface area contributed by atoms with E-state index in [9.17, 15) is 9.59 Å². The van der Waals surface area contributed by atoms with Crippen LogP contribution >= 0.6 is 0 Å². The zero-order valence-electron chi connectivity index (χ0n) is 15.2. The highest BCUT2D eigenvalue weighted by Gasteiger charge is 2.34. The van der Waals surface area contributed by atoms with Gasteiger partial charge in [0.25, 0.3) is 0 Å². The van der Waals surface area contributed by atoms with E-state index in [1.807, 2.05) is 55.5 Å². The van der Waals surface area contributed by atoms with Crippen molar-refractivity contribution < 1.29 is 14.3 Å². The summed E-state index contributed by atoms with van der Waals surface area (Å²) < 4.78 is 5.35. The summed E-state index contributed by atoms with van der Waals surface area (Å²) in [5.74, 6) is 0.459. The molecule has 0 aliphatic carbocycles. The molecule has 0 spiro atoms. The fourth-order valence-corrected chi connectivity index (χ4v) is 3.21. The average Bonchev–Trinajstić information content (AvgIpc) is 3.03. The molecule has 1 saturated heterocycles. The van der Waals surface area contributed by atoms with Crippen LogP contribution in [0, 0.1) is 12.8 Å². The summed E-state index contributed by atoms with van der Waals surface area (Å²) in [5.41, 5.74) is 2.97. The van der Waals surface area contributed by atoms with Gasteiger partial charge in [-0.1, -0.05) is 35.9 Å². The molecule has 1 aliphatic heterocycles. The first-order chi connectivity index (χ1) is 12.6. The maximum absolute atomic E-state index is 12.5. The van der Waals surface area contributed by atoms with Crippen LogP contribution in [0.15, 0.2) is 48.5 Å². The highest BCUT2D eigenvalue weighted by atomic mass is 16.5. The number of hydrogen-bond acceptors (Lipinski definition) is 3. The number of amides is 2. The third kappa shape index (κ3) is 4.23. The number of nitrogens with zero attached hydrogens (tertiary/aromatic N) is 1. The van der Waals surface area contributed by atoms with Gasteiger partial charge < -0.3 is 15.0 Å². The summed E-state index contributed by atoms with van der Waals surface area (Å²) in [7, 11) is 1.64. The van der Waals surface area contributed by atoms with Crippen molar-refractivity contribution in [1.29, 1.82) is 0 Å². The van der Waals surface area contributed by atoms with Crippen molar-refractivity contribution in [2.24, 2.45) is 5.92 Å². The summed E-state index contributed by atoms with van der Waals surface area (Å²) in [6.07, 6.45) is 0.978. The van der Waals surface area contributed by atoms with Crippen LogP contribution < -0.4 is 10.1 Å². The summed E-state index contributed by atoms with van der Waals surface area (Å²) in [4.78, 5) is 26.5. The molecule has 1 unspecified atom stereocenters. The topological polar surface area (TPSA) is 58.6 Å². The molecule has 1 heterocycles.